The molecule has 0 bridgehead atoms. The van der Waals surface area contributed by atoms with E-state index in [4.69, 9.17) is 4.74 Å². The highest BCUT2D eigenvalue weighted by Crippen LogP contribution is 2.12. The van der Waals surface area contributed by atoms with Gasteiger partial charge in [0.1, 0.15) is 11.3 Å². The molecule has 0 unspecified atom stereocenters. The second-order valence-electron chi connectivity index (χ2n) is 4.54. The van der Waals surface area contributed by atoms with Crippen LogP contribution < -0.4 is 10.3 Å². The van der Waals surface area contributed by atoms with Gasteiger partial charge in [0.25, 0.3) is 5.56 Å². The first-order valence-electron chi connectivity index (χ1n) is 6.39. The first-order chi connectivity index (χ1) is 10.2. The smallest absolute Gasteiger partial charge is 0.276 e. The topological polar surface area (TPSA) is 65.6 Å². The van der Waals surface area contributed by atoms with Crippen LogP contribution in [0.2, 0.25) is 0 Å². The molecular weight excluding hydrogens is 270 g/mol. The van der Waals surface area contributed by atoms with Crippen molar-refractivity contribution in [2.45, 2.75) is 6.54 Å². The van der Waals surface area contributed by atoms with Crippen molar-refractivity contribution in [3.8, 4) is 5.75 Å². The SMILES string of the molecule is COc1ccc(C(=O)Cn2ccn3nccc3c2=O)cc1. The monoisotopic (exact) mass is 283 g/mol. The van der Waals surface area contributed by atoms with Crippen molar-refractivity contribution in [2.24, 2.45) is 0 Å². The van der Waals surface area contributed by atoms with Gasteiger partial charge in [0.05, 0.1) is 19.9 Å². The molecule has 0 atom stereocenters. The van der Waals surface area contributed by atoms with Crippen LogP contribution in [0.5, 0.6) is 5.75 Å². The van der Waals surface area contributed by atoms with Gasteiger partial charge in [0, 0.05) is 18.0 Å². The number of hydrogen-bond acceptors (Lipinski definition) is 4. The molecular formula is C15H13N3O3. The van der Waals surface area contributed by atoms with E-state index in [1.54, 1.807) is 56.0 Å². The number of rotatable bonds is 4. The maximum absolute atomic E-state index is 12.2. The van der Waals surface area contributed by atoms with E-state index in [0.29, 0.717) is 16.8 Å². The fourth-order valence-corrected chi connectivity index (χ4v) is 2.11. The molecule has 0 aliphatic rings. The number of ether oxygens (including phenoxy) is 1. The Morgan fingerprint density at radius 3 is 2.67 bits per heavy atom. The maximum Gasteiger partial charge on any atom is 0.276 e. The third-order valence-electron chi connectivity index (χ3n) is 3.26. The molecule has 0 aliphatic heterocycles. The van der Waals surface area contributed by atoms with E-state index in [0.717, 1.165) is 0 Å². The molecule has 1 aromatic carbocycles. The summed E-state index contributed by atoms with van der Waals surface area (Å²) in [5, 5.41) is 3.98. The molecule has 2 aromatic heterocycles. The standard InChI is InChI=1S/C15H13N3O3/c1-21-12-4-2-11(3-5-12)14(19)10-17-8-9-18-13(15(17)20)6-7-16-18/h2-9H,10H2,1H3. The summed E-state index contributed by atoms with van der Waals surface area (Å²) >= 11 is 0. The van der Waals surface area contributed by atoms with Gasteiger partial charge in [0.2, 0.25) is 0 Å². The van der Waals surface area contributed by atoms with Crippen molar-refractivity contribution >= 4 is 11.3 Å². The van der Waals surface area contributed by atoms with Gasteiger partial charge in [-0.25, -0.2) is 4.52 Å². The summed E-state index contributed by atoms with van der Waals surface area (Å²) in [5.74, 6) is 0.549. The second kappa shape index (κ2) is 5.24. The minimum Gasteiger partial charge on any atom is -0.497 e. The Kier molecular flexibility index (Phi) is 3.27. The van der Waals surface area contributed by atoms with Crippen molar-refractivity contribution in [1.29, 1.82) is 0 Å². The zero-order chi connectivity index (χ0) is 14.8. The number of carbonyl (C=O) groups is 1. The van der Waals surface area contributed by atoms with Crippen LogP contribution in [0.15, 0.2) is 53.7 Å². The average molecular weight is 283 g/mol. The van der Waals surface area contributed by atoms with E-state index in [1.165, 1.54) is 9.08 Å². The highest BCUT2D eigenvalue weighted by molar-refractivity contribution is 5.96. The van der Waals surface area contributed by atoms with Crippen molar-refractivity contribution in [3.05, 3.63) is 64.8 Å². The van der Waals surface area contributed by atoms with Gasteiger partial charge in [0.15, 0.2) is 5.78 Å². The molecule has 106 valence electrons. The Hall–Kier alpha value is -2.89. The largest absolute Gasteiger partial charge is 0.497 e. The summed E-state index contributed by atoms with van der Waals surface area (Å²) in [5.41, 5.74) is 0.743. The molecule has 2 heterocycles. The molecule has 0 amide bonds. The number of hydrogen-bond donors (Lipinski definition) is 0. The highest BCUT2D eigenvalue weighted by Gasteiger charge is 2.10. The number of carbonyl (C=O) groups excluding carboxylic acids is 1. The predicted octanol–water partition coefficient (Wildman–Crippen LogP) is 1.39. The Labute approximate surface area is 120 Å². The molecule has 21 heavy (non-hydrogen) atoms. The van der Waals surface area contributed by atoms with Gasteiger partial charge < -0.3 is 9.30 Å². The van der Waals surface area contributed by atoms with Crippen LogP contribution in [0.3, 0.4) is 0 Å². The molecule has 0 N–H and O–H groups in total. The summed E-state index contributed by atoms with van der Waals surface area (Å²) in [4.78, 5) is 24.4. The summed E-state index contributed by atoms with van der Waals surface area (Å²) < 4.78 is 7.91. The van der Waals surface area contributed by atoms with E-state index in [-0.39, 0.29) is 17.9 Å². The third kappa shape index (κ3) is 2.43. The van der Waals surface area contributed by atoms with Crippen molar-refractivity contribution in [1.82, 2.24) is 14.2 Å². The fraction of sp³-hybridized carbons (Fsp3) is 0.133. The lowest BCUT2D eigenvalue weighted by Gasteiger charge is -2.06. The third-order valence-corrected chi connectivity index (χ3v) is 3.26. The zero-order valence-corrected chi connectivity index (χ0v) is 11.4. The van der Waals surface area contributed by atoms with E-state index >= 15 is 0 Å². The number of Topliss-reactive ketones (excluding diaryl/α,β-unsaturated/α-hetero) is 1. The average Bonchev–Trinajstić information content (AvgIpc) is 2.99. The number of nitrogens with zero attached hydrogens (tertiary/aromatic N) is 3. The zero-order valence-electron chi connectivity index (χ0n) is 11.4. The van der Waals surface area contributed by atoms with Crippen LogP contribution >= 0.6 is 0 Å². The van der Waals surface area contributed by atoms with E-state index < -0.39 is 0 Å². The highest BCUT2D eigenvalue weighted by atomic mass is 16.5. The molecule has 3 aromatic rings. The lowest BCUT2D eigenvalue weighted by atomic mass is 10.1. The molecule has 0 saturated carbocycles. The number of fused-ring (bicyclic) bond motifs is 1. The number of aromatic nitrogens is 3. The molecule has 6 heteroatoms. The molecule has 0 spiro atoms. The predicted molar refractivity (Wildman–Crippen MR) is 76.8 cm³/mol. The molecule has 0 radical (unpaired) electrons. The minimum atomic E-state index is -0.239. The molecule has 3 rings (SSSR count). The van der Waals surface area contributed by atoms with Crippen molar-refractivity contribution < 1.29 is 9.53 Å². The first-order valence-corrected chi connectivity index (χ1v) is 6.39. The van der Waals surface area contributed by atoms with Gasteiger partial charge in [-0.3, -0.25) is 9.59 Å². The molecule has 0 aliphatic carbocycles. The minimum absolute atomic E-state index is 0.00710. The number of benzene rings is 1. The first kappa shape index (κ1) is 13.1. The summed E-state index contributed by atoms with van der Waals surface area (Å²) in [7, 11) is 1.57. The van der Waals surface area contributed by atoms with Crippen LogP contribution in [0.25, 0.3) is 5.52 Å². The Balaban J connectivity index is 1.88. The number of methoxy groups -OCH3 is 1. The van der Waals surface area contributed by atoms with Gasteiger partial charge in [-0.1, -0.05) is 0 Å². The summed E-state index contributed by atoms with van der Waals surface area (Å²) in [6.45, 7) is -0.00710. The van der Waals surface area contributed by atoms with Crippen LogP contribution in [-0.4, -0.2) is 27.1 Å². The van der Waals surface area contributed by atoms with Crippen LogP contribution in [0, 0.1) is 0 Å². The van der Waals surface area contributed by atoms with Gasteiger partial charge >= 0.3 is 0 Å². The lowest BCUT2D eigenvalue weighted by molar-refractivity contribution is 0.0971. The lowest BCUT2D eigenvalue weighted by Crippen LogP contribution is -2.25. The van der Waals surface area contributed by atoms with Crippen molar-refractivity contribution in [2.75, 3.05) is 7.11 Å². The van der Waals surface area contributed by atoms with Crippen LogP contribution in [-0.2, 0) is 6.54 Å². The second-order valence-corrected chi connectivity index (χ2v) is 4.54. The Morgan fingerprint density at radius 2 is 1.95 bits per heavy atom. The fourth-order valence-electron chi connectivity index (χ4n) is 2.11. The van der Waals surface area contributed by atoms with Gasteiger partial charge in [-0.05, 0) is 30.3 Å². The van der Waals surface area contributed by atoms with E-state index in [9.17, 15) is 9.59 Å². The maximum atomic E-state index is 12.2. The van der Waals surface area contributed by atoms with Gasteiger partial charge in [-0.15, -0.1) is 0 Å². The van der Waals surface area contributed by atoms with Crippen LogP contribution in [0.1, 0.15) is 10.4 Å². The van der Waals surface area contributed by atoms with Crippen LogP contribution in [0.4, 0.5) is 0 Å². The summed E-state index contributed by atoms with van der Waals surface area (Å²) in [6, 6.07) is 8.43. The van der Waals surface area contributed by atoms with Gasteiger partial charge in [-0.2, -0.15) is 5.10 Å². The Morgan fingerprint density at radius 1 is 1.19 bits per heavy atom. The molecule has 6 nitrogen and oxygen atoms in total. The summed E-state index contributed by atoms with van der Waals surface area (Å²) in [6.07, 6.45) is 4.76. The van der Waals surface area contributed by atoms with Crippen molar-refractivity contribution in [3.63, 3.8) is 0 Å². The van der Waals surface area contributed by atoms with E-state index in [1.807, 2.05) is 0 Å². The quantitative estimate of drug-likeness (QED) is 0.679. The molecule has 0 saturated heterocycles. The Bertz CT molecular complexity index is 846. The number of ketones is 1. The van der Waals surface area contributed by atoms with E-state index in [2.05, 4.69) is 5.10 Å². The molecule has 0 fully saturated rings. The normalized spacial score (nSPS) is 10.7.